The predicted octanol–water partition coefficient (Wildman–Crippen LogP) is 2.61. The highest BCUT2D eigenvalue weighted by Crippen LogP contribution is 2.31. The van der Waals surface area contributed by atoms with Crippen molar-refractivity contribution in [3.8, 4) is 0 Å². The lowest BCUT2D eigenvalue weighted by Gasteiger charge is -2.06. The molecular formula is C8H14. The van der Waals surface area contributed by atoms with Crippen LogP contribution in [0.4, 0.5) is 0 Å². The average molecular weight is 110 g/mol. The Labute approximate surface area is 51.6 Å². The molecule has 46 valence electrons. The van der Waals surface area contributed by atoms with Crippen LogP contribution in [0.15, 0.2) is 12.7 Å². The van der Waals surface area contributed by atoms with E-state index in [4.69, 9.17) is 0 Å². The summed E-state index contributed by atoms with van der Waals surface area (Å²) in [6, 6.07) is 0. The van der Waals surface area contributed by atoms with Gasteiger partial charge in [-0.2, -0.15) is 0 Å². The zero-order valence-corrected chi connectivity index (χ0v) is 5.56. The van der Waals surface area contributed by atoms with Crippen molar-refractivity contribution in [2.24, 2.45) is 11.8 Å². The minimum Gasteiger partial charge on any atom is -0.103 e. The summed E-state index contributed by atoms with van der Waals surface area (Å²) in [6.07, 6.45) is 6.32. The standard InChI is InChI=1S/C8H14/c1-3-8-6-4-5-7(8)2/h3,7-8H,1,4-6H2,2H3/t7-,8+/m1/s1. The smallest absolute Gasteiger partial charge is 0.0210 e. The quantitative estimate of drug-likeness (QED) is 0.455. The highest BCUT2D eigenvalue weighted by Gasteiger charge is 2.19. The van der Waals surface area contributed by atoms with Gasteiger partial charge in [-0.1, -0.05) is 25.8 Å². The highest BCUT2D eigenvalue weighted by molar-refractivity contribution is 4.86. The summed E-state index contributed by atoms with van der Waals surface area (Å²) < 4.78 is 0. The summed E-state index contributed by atoms with van der Waals surface area (Å²) in [6.45, 7) is 6.11. The van der Waals surface area contributed by atoms with Crippen molar-refractivity contribution in [3.63, 3.8) is 0 Å². The maximum atomic E-state index is 3.79. The van der Waals surface area contributed by atoms with Crippen LogP contribution < -0.4 is 0 Å². The van der Waals surface area contributed by atoms with E-state index in [1.165, 1.54) is 19.3 Å². The lowest BCUT2D eigenvalue weighted by molar-refractivity contribution is 0.504. The van der Waals surface area contributed by atoms with Gasteiger partial charge >= 0.3 is 0 Å². The Morgan fingerprint density at radius 2 is 2.25 bits per heavy atom. The predicted molar refractivity (Wildman–Crippen MR) is 36.7 cm³/mol. The lowest BCUT2D eigenvalue weighted by Crippen LogP contribution is -1.97. The van der Waals surface area contributed by atoms with Crippen molar-refractivity contribution < 1.29 is 0 Å². The van der Waals surface area contributed by atoms with Crippen molar-refractivity contribution >= 4 is 0 Å². The number of hydrogen-bond donors (Lipinski definition) is 0. The van der Waals surface area contributed by atoms with Crippen LogP contribution in [0, 0.1) is 11.8 Å². The van der Waals surface area contributed by atoms with Crippen molar-refractivity contribution in [1.29, 1.82) is 0 Å². The van der Waals surface area contributed by atoms with Crippen LogP contribution >= 0.6 is 0 Å². The molecule has 0 N–H and O–H groups in total. The van der Waals surface area contributed by atoms with Gasteiger partial charge < -0.3 is 0 Å². The molecule has 0 spiro atoms. The van der Waals surface area contributed by atoms with Gasteiger partial charge in [0.25, 0.3) is 0 Å². The molecule has 1 aliphatic carbocycles. The molecule has 0 aromatic rings. The van der Waals surface area contributed by atoms with Crippen LogP contribution in [-0.4, -0.2) is 0 Å². The summed E-state index contributed by atoms with van der Waals surface area (Å²) in [5, 5.41) is 0. The molecule has 1 fully saturated rings. The zero-order valence-electron chi connectivity index (χ0n) is 5.56. The second-order valence-electron chi connectivity index (χ2n) is 2.81. The third-order valence-corrected chi connectivity index (χ3v) is 2.23. The molecular weight excluding hydrogens is 96.1 g/mol. The number of hydrogen-bond acceptors (Lipinski definition) is 0. The molecule has 1 saturated carbocycles. The van der Waals surface area contributed by atoms with Crippen molar-refractivity contribution in [2.75, 3.05) is 0 Å². The normalized spacial score (nSPS) is 37.6. The van der Waals surface area contributed by atoms with E-state index in [0.717, 1.165) is 11.8 Å². The first-order valence-electron chi connectivity index (χ1n) is 3.47. The van der Waals surface area contributed by atoms with E-state index in [2.05, 4.69) is 19.6 Å². The first-order chi connectivity index (χ1) is 3.84. The molecule has 0 heteroatoms. The zero-order chi connectivity index (χ0) is 5.98. The average Bonchev–Trinajstić information content (AvgIpc) is 2.14. The first kappa shape index (κ1) is 5.87. The molecule has 2 atom stereocenters. The van der Waals surface area contributed by atoms with Gasteiger partial charge in [0, 0.05) is 0 Å². The molecule has 1 rings (SSSR count). The van der Waals surface area contributed by atoms with Crippen molar-refractivity contribution in [1.82, 2.24) is 0 Å². The fraction of sp³-hybridized carbons (Fsp3) is 0.750. The van der Waals surface area contributed by atoms with E-state index in [9.17, 15) is 0 Å². The maximum Gasteiger partial charge on any atom is -0.0210 e. The van der Waals surface area contributed by atoms with Gasteiger partial charge in [0.1, 0.15) is 0 Å². The largest absolute Gasteiger partial charge is 0.103 e. The van der Waals surface area contributed by atoms with Gasteiger partial charge in [0.05, 0.1) is 0 Å². The summed E-state index contributed by atoms with van der Waals surface area (Å²) in [5.41, 5.74) is 0. The molecule has 0 bridgehead atoms. The molecule has 0 nitrogen and oxygen atoms in total. The fourth-order valence-corrected chi connectivity index (χ4v) is 1.52. The Kier molecular flexibility index (Phi) is 1.72. The van der Waals surface area contributed by atoms with Gasteiger partial charge in [-0.15, -0.1) is 6.58 Å². The molecule has 0 heterocycles. The molecule has 0 unspecified atom stereocenters. The van der Waals surface area contributed by atoms with Gasteiger partial charge in [0.2, 0.25) is 0 Å². The van der Waals surface area contributed by atoms with E-state index in [1.54, 1.807) is 0 Å². The van der Waals surface area contributed by atoms with Crippen LogP contribution in [0.3, 0.4) is 0 Å². The second-order valence-corrected chi connectivity index (χ2v) is 2.81. The van der Waals surface area contributed by atoms with Gasteiger partial charge in [-0.3, -0.25) is 0 Å². The monoisotopic (exact) mass is 110 g/mol. The molecule has 0 saturated heterocycles. The van der Waals surface area contributed by atoms with Gasteiger partial charge in [0.15, 0.2) is 0 Å². The summed E-state index contributed by atoms with van der Waals surface area (Å²) in [5.74, 6) is 1.74. The Balaban J connectivity index is 2.41. The van der Waals surface area contributed by atoms with Crippen molar-refractivity contribution in [3.05, 3.63) is 12.7 Å². The lowest BCUT2D eigenvalue weighted by atomic mass is 9.99. The highest BCUT2D eigenvalue weighted by atomic mass is 14.2. The topological polar surface area (TPSA) is 0 Å². The van der Waals surface area contributed by atoms with Gasteiger partial charge in [-0.05, 0) is 18.3 Å². The summed E-state index contributed by atoms with van der Waals surface area (Å²) in [7, 11) is 0. The number of rotatable bonds is 1. The fourth-order valence-electron chi connectivity index (χ4n) is 1.52. The van der Waals surface area contributed by atoms with Crippen LogP contribution in [0.5, 0.6) is 0 Å². The minimum absolute atomic E-state index is 0.829. The van der Waals surface area contributed by atoms with Crippen LogP contribution in [-0.2, 0) is 0 Å². The first-order valence-corrected chi connectivity index (χ1v) is 3.47. The van der Waals surface area contributed by atoms with E-state index >= 15 is 0 Å². The van der Waals surface area contributed by atoms with Crippen LogP contribution in [0.25, 0.3) is 0 Å². The minimum atomic E-state index is 0.829. The molecule has 0 aromatic heterocycles. The van der Waals surface area contributed by atoms with Crippen LogP contribution in [0.2, 0.25) is 0 Å². The SMILES string of the molecule is C=C[C@H]1CCC[C@H]1C. The number of allylic oxidation sites excluding steroid dienone is 1. The summed E-state index contributed by atoms with van der Waals surface area (Å²) >= 11 is 0. The Hall–Kier alpha value is -0.260. The van der Waals surface area contributed by atoms with Crippen molar-refractivity contribution in [2.45, 2.75) is 26.2 Å². The maximum absolute atomic E-state index is 3.79. The molecule has 0 aliphatic heterocycles. The van der Waals surface area contributed by atoms with Gasteiger partial charge in [-0.25, -0.2) is 0 Å². The molecule has 0 aromatic carbocycles. The summed E-state index contributed by atoms with van der Waals surface area (Å²) in [4.78, 5) is 0. The van der Waals surface area contributed by atoms with Crippen LogP contribution in [0.1, 0.15) is 26.2 Å². The third kappa shape index (κ3) is 0.936. The molecule has 1 aliphatic rings. The molecule has 0 amide bonds. The van der Waals surface area contributed by atoms with E-state index in [-0.39, 0.29) is 0 Å². The Morgan fingerprint density at radius 3 is 2.50 bits per heavy atom. The second kappa shape index (κ2) is 2.34. The molecule has 8 heavy (non-hydrogen) atoms. The third-order valence-electron chi connectivity index (χ3n) is 2.23. The van der Waals surface area contributed by atoms with E-state index < -0.39 is 0 Å². The van der Waals surface area contributed by atoms with E-state index in [0.29, 0.717) is 0 Å². The Bertz CT molecular complexity index is 84.0. The molecule has 0 radical (unpaired) electrons. The Morgan fingerprint density at radius 1 is 1.50 bits per heavy atom. The van der Waals surface area contributed by atoms with E-state index in [1.807, 2.05) is 0 Å².